The van der Waals surface area contributed by atoms with Gasteiger partial charge in [-0.3, -0.25) is 14.6 Å². The number of methoxy groups -OCH3 is 1. The van der Waals surface area contributed by atoms with Gasteiger partial charge in [-0.25, -0.2) is 0 Å². The van der Waals surface area contributed by atoms with E-state index >= 15 is 0 Å². The van der Waals surface area contributed by atoms with Crippen LogP contribution in [0.3, 0.4) is 0 Å². The fourth-order valence-corrected chi connectivity index (χ4v) is 3.18. The minimum Gasteiger partial charge on any atom is -0.497 e. The standard InChI is InChI=1S/C20H24N4O3/c1-21-13-16-6-5-14(12-22-16)20(26)24-11-3-4-18(24)19(25)23-15-7-9-17(27-2)10-8-15/h5-10,12,18,21H,3-4,11,13H2,1-2H3,(H,23,25). The molecule has 1 unspecified atom stereocenters. The van der Waals surface area contributed by atoms with Gasteiger partial charge in [0.2, 0.25) is 5.91 Å². The van der Waals surface area contributed by atoms with Crippen molar-refractivity contribution in [1.29, 1.82) is 0 Å². The summed E-state index contributed by atoms with van der Waals surface area (Å²) in [5, 5.41) is 5.91. The number of anilines is 1. The molecule has 7 heteroatoms. The van der Waals surface area contributed by atoms with Gasteiger partial charge in [0, 0.05) is 25.0 Å². The fourth-order valence-electron chi connectivity index (χ4n) is 3.18. The number of carbonyl (C=O) groups excluding carboxylic acids is 2. The topological polar surface area (TPSA) is 83.6 Å². The lowest BCUT2D eigenvalue weighted by Crippen LogP contribution is -2.43. The summed E-state index contributed by atoms with van der Waals surface area (Å²) in [6, 6.07) is 10.2. The number of hydrogen-bond donors (Lipinski definition) is 2. The summed E-state index contributed by atoms with van der Waals surface area (Å²) >= 11 is 0. The van der Waals surface area contributed by atoms with E-state index in [1.54, 1.807) is 48.5 Å². The number of hydrogen-bond acceptors (Lipinski definition) is 5. The molecule has 1 aliphatic heterocycles. The van der Waals surface area contributed by atoms with Crippen LogP contribution in [0.2, 0.25) is 0 Å². The van der Waals surface area contributed by atoms with Crippen LogP contribution in [0.5, 0.6) is 5.75 Å². The molecule has 3 rings (SSSR count). The molecular formula is C20H24N4O3. The Morgan fingerprint density at radius 1 is 1.22 bits per heavy atom. The number of rotatable bonds is 6. The summed E-state index contributed by atoms with van der Waals surface area (Å²) in [5.74, 6) is 0.386. The van der Waals surface area contributed by atoms with Crippen molar-refractivity contribution in [3.63, 3.8) is 0 Å². The Hall–Kier alpha value is -2.93. The molecule has 0 spiro atoms. The molecule has 2 aromatic rings. The van der Waals surface area contributed by atoms with Gasteiger partial charge in [0.1, 0.15) is 11.8 Å². The van der Waals surface area contributed by atoms with E-state index in [1.807, 2.05) is 13.1 Å². The van der Waals surface area contributed by atoms with Crippen LogP contribution < -0.4 is 15.4 Å². The van der Waals surface area contributed by atoms with Gasteiger partial charge < -0.3 is 20.3 Å². The first-order valence-electron chi connectivity index (χ1n) is 8.98. The molecule has 142 valence electrons. The second kappa shape index (κ2) is 8.64. The molecular weight excluding hydrogens is 344 g/mol. The van der Waals surface area contributed by atoms with E-state index < -0.39 is 6.04 Å². The summed E-state index contributed by atoms with van der Waals surface area (Å²) in [7, 11) is 3.44. The van der Waals surface area contributed by atoms with Gasteiger partial charge in [-0.05, 0) is 56.3 Å². The van der Waals surface area contributed by atoms with Crippen molar-refractivity contribution in [2.75, 3.05) is 26.0 Å². The average Bonchev–Trinajstić information content (AvgIpc) is 3.19. The van der Waals surface area contributed by atoms with Gasteiger partial charge in [-0.1, -0.05) is 0 Å². The van der Waals surface area contributed by atoms with Crippen LogP contribution >= 0.6 is 0 Å². The molecule has 7 nitrogen and oxygen atoms in total. The SMILES string of the molecule is CNCc1ccc(C(=O)N2CCCC2C(=O)Nc2ccc(OC)cc2)cn1. The Morgan fingerprint density at radius 3 is 2.63 bits per heavy atom. The van der Waals surface area contributed by atoms with Crippen molar-refractivity contribution >= 4 is 17.5 Å². The number of nitrogens with one attached hydrogen (secondary N) is 2. The number of nitrogens with zero attached hydrogens (tertiary/aromatic N) is 2. The number of ether oxygens (including phenoxy) is 1. The number of carbonyl (C=O) groups is 2. The lowest BCUT2D eigenvalue weighted by molar-refractivity contribution is -0.119. The summed E-state index contributed by atoms with van der Waals surface area (Å²) in [4.78, 5) is 31.5. The maximum atomic E-state index is 12.8. The molecule has 1 saturated heterocycles. The summed E-state index contributed by atoms with van der Waals surface area (Å²) in [6.07, 6.45) is 3.03. The number of aromatic nitrogens is 1. The van der Waals surface area contributed by atoms with Crippen molar-refractivity contribution in [3.05, 3.63) is 53.9 Å². The Bertz CT molecular complexity index is 790. The molecule has 27 heavy (non-hydrogen) atoms. The highest BCUT2D eigenvalue weighted by Gasteiger charge is 2.34. The number of likely N-dealkylation sites (tertiary alicyclic amines) is 1. The highest BCUT2D eigenvalue weighted by molar-refractivity contribution is 6.01. The highest BCUT2D eigenvalue weighted by atomic mass is 16.5. The van der Waals surface area contributed by atoms with Gasteiger partial charge in [-0.15, -0.1) is 0 Å². The number of benzene rings is 1. The van der Waals surface area contributed by atoms with Crippen molar-refractivity contribution < 1.29 is 14.3 Å². The zero-order chi connectivity index (χ0) is 19.2. The molecule has 1 fully saturated rings. The van der Waals surface area contributed by atoms with E-state index in [4.69, 9.17) is 4.74 Å². The molecule has 0 saturated carbocycles. The van der Waals surface area contributed by atoms with E-state index in [1.165, 1.54) is 0 Å². The summed E-state index contributed by atoms with van der Waals surface area (Å²) < 4.78 is 5.12. The molecule has 1 aliphatic rings. The van der Waals surface area contributed by atoms with Crippen molar-refractivity contribution in [3.8, 4) is 5.75 Å². The van der Waals surface area contributed by atoms with E-state index in [0.29, 0.717) is 30.8 Å². The quantitative estimate of drug-likeness (QED) is 0.815. The summed E-state index contributed by atoms with van der Waals surface area (Å²) in [5.41, 5.74) is 2.04. The smallest absolute Gasteiger partial charge is 0.256 e. The molecule has 1 aromatic heterocycles. The largest absolute Gasteiger partial charge is 0.497 e. The maximum absolute atomic E-state index is 12.8. The van der Waals surface area contributed by atoms with E-state index in [2.05, 4.69) is 15.6 Å². The van der Waals surface area contributed by atoms with Crippen LogP contribution in [-0.4, -0.2) is 48.4 Å². The first kappa shape index (κ1) is 18.8. The first-order valence-corrected chi connectivity index (χ1v) is 8.98. The molecule has 1 aromatic carbocycles. The third-order valence-corrected chi connectivity index (χ3v) is 4.60. The normalized spacial score (nSPS) is 16.2. The highest BCUT2D eigenvalue weighted by Crippen LogP contribution is 2.22. The predicted molar refractivity (Wildman–Crippen MR) is 103 cm³/mol. The van der Waals surface area contributed by atoms with Crippen LogP contribution in [0.25, 0.3) is 0 Å². The average molecular weight is 368 g/mol. The first-order chi connectivity index (χ1) is 13.1. The minimum absolute atomic E-state index is 0.161. The zero-order valence-electron chi connectivity index (χ0n) is 15.6. The van der Waals surface area contributed by atoms with Gasteiger partial charge in [0.15, 0.2) is 0 Å². The van der Waals surface area contributed by atoms with Gasteiger partial charge in [0.05, 0.1) is 18.4 Å². The molecule has 1 atom stereocenters. The van der Waals surface area contributed by atoms with Gasteiger partial charge in [0.25, 0.3) is 5.91 Å². The lowest BCUT2D eigenvalue weighted by atomic mass is 10.1. The third-order valence-electron chi connectivity index (χ3n) is 4.60. The van der Waals surface area contributed by atoms with E-state index in [0.717, 1.165) is 17.9 Å². The lowest BCUT2D eigenvalue weighted by Gasteiger charge is -2.24. The molecule has 0 bridgehead atoms. The monoisotopic (exact) mass is 368 g/mol. The minimum atomic E-state index is -0.475. The number of amides is 2. The van der Waals surface area contributed by atoms with Gasteiger partial charge in [-0.2, -0.15) is 0 Å². The molecule has 2 amide bonds. The van der Waals surface area contributed by atoms with Crippen LogP contribution in [-0.2, 0) is 11.3 Å². The second-order valence-corrected chi connectivity index (χ2v) is 6.44. The van der Waals surface area contributed by atoms with Crippen LogP contribution in [0.15, 0.2) is 42.6 Å². The fraction of sp³-hybridized carbons (Fsp3) is 0.350. The molecule has 0 radical (unpaired) electrons. The van der Waals surface area contributed by atoms with Crippen molar-refractivity contribution in [2.45, 2.75) is 25.4 Å². The molecule has 2 N–H and O–H groups in total. The van der Waals surface area contributed by atoms with Crippen molar-refractivity contribution in [1.82, 2.24) is 15.2 Å². The second-order valence-electron chi connectivity index (χ2n) is 6.44. The van der Waals surface area contributed by atoms with E-state index in [-0.39, 0.29) is 11.8 Å². The summed E-state index contributed by atoms with van der Waals surface area (Å²) in [6.45, 7) is 1.21. The van der Waals surface area contributed by atoms with Crippen LogP contribution in [0.4, 0.5) is 5.69 Å². The third kappa shape index (κ3) is 4.43. The Balaban J connectivity index is 1.67. The van der Waals surface area contributed by atoms with E-state index in [9.17, 15) is 9.59 Å². The Morgan fingerprint density at radius 2 is 2.00 bits per heavy atom. The Kier molecular flexibility index (Phi) is 6.03. The predicted octanol–water partition coefficient (Wildman–Crippen LogP) is 2.05. The van der Waals surface area contributed by atoms with Crippen LogP contribution in [0, 0.1) is 0 Å². The maximum Gasteiger partial charge on any atom is 0.256 e. The molecule has 0 aliphatic carbocycles. The zero-order valence-corrected chi connectivity index (χ0v) is 15.6. The van der Waals surface area contributed by atoms with Gasteiger partial charge >= 0.3 is 0 Å². The molecule has 2 heterocycles. The van der Waals surface area contributed by atoms with Crippen LogP contribution in [0.1, 0.15) is 28.9 Å². The van der Waals surface area contributed by atoms with Crippen molar-refractivity contribution in [2.24, 2.45) is 0 Å². The number of pyridine rings is 1. The Labute approximate surface area is 158 Å².